The highest BCUT2D eigenvalue weighted by molar-refractivity contribution is 9.10. The number of allylic oxidation sites excluding steroid dienone is 1. The van der Waals surface area contributed by atoms with Gasteiger partial charge in [0.05, 0.1) is 23.2 Å². The van der Waals surface area contributed by atoms with Gasteiger partial charge in [0, 0.05) is 0 Å². The summed E-state index contributed by atoms with van der Waals surface area (Å²) < 4.78 is 12.3. The highest BCUT2D eigenvalue weighted by Gasteiger charge is 2.12. The van der Waals surface area contributed by atoms with Crippen LogP contribution in [-0.2, 0) is 6.61 Å². The molecule has 4 rings (SSSR count). The zero-order valence-electron chi connectivity index (χ0n) is 17.0. The lowest BCUT2D eigenvalue weighted by atomic mass is 10.00. The summed E-state index contributed by atoms with van der Waals surface area (Å²) in [6.07, 6.45) is 1.86. The van der Waals surface area contributed by atoms with Crippen molar-refractivity contribution in [2.45, 2.75) is 6.61 Å². The molecule has 0 saturated heterocycles. The zero-order valence-corrected chi connectivity index (χ0v) is 18.6. The summed E-state index contributed by atoms with van der Waals surface area (Å²) in [4.78, 5) is 0. The van der Waals surface area contributed by atoms with Crippen LogP contribution in [-0.4, -0.2) is 7.11 Å². The fourth-order valence-corrected chi connectivity index (χ4v) is 3.97. The van der Waals surface area contributed by atoms with Crippen molar-refractivity contribution in [2.24, 2.45) is 0 Å². The van der Waals surface area contributed by atoms with E-state index < -0.39 is 0 Å². The normalized spacial score (nSPS) is 11.2. The van der Waals surface area contributed by atoms with E-state index in [1.165, 1.54) is 0 Å². The molecule has 0 aromatic heterocycles. The summed E-state index contributed by atoms with van der Waals surface area (Å²) in [5, 5.41) is 12.0. The van der Waals surface area contributed by atoms with Gasteiger partial charge in [0.2, 0.25) is 0 Å². The van der Waals surface area contributed by atoms with E-state index in [4.69, 9.17) is 9.47 Å². The van der Waals surface area contributed by atoms with E-state index in [0.29, 0.717) is 23.7 Å². The molecule has 0 unspecified atom stereocenters. The van der Waals surface area contributed by atoms with E-state index in [1.54, 1.807) is 7.11 Å². The van der Waals surface area contributed by atoms with Crippen molar-refractivity contribution < 1.29 is 9.47 Å². The number of nitriles is 1. The molecule has 0 N–H and O–H groups in total. The first-order chi connectivity index (χ1) is 15.2. The number of nitrogens with zero attached hydrogens (tertiary/aromatic N) is 1. The first-order valence-corrected chi connectivity index (χ1v) is 10.6. The van der Waals surface area contributed by atoms with Crippen molar-refractivity contribution in [3.05, 3.63) is 106 Å². The maximum absolute atomic E-state index is 9.79. The third kappa shape index (κ3) is 4.79. The zero-order chi connectivity index (χ0) is 21.6. The van der Waals surface area contributed by atoms with E-state index in [2.05, 4.69) is 28.1 Å². The van der Waals surface area contributed by atoms with Gasteiger partial charge < -0.3 is 9.47 Å². The summed E-state index contributed by atoms with van der Waals surface area (Å²) in [6, 6.07) is 30.3. The van der Waals surface area contributed by atoms with Gasteiger partial charge in [-0.15, -0.1) is 0 Å². The average Bonchev–Trinajstić information content (AvgIpc) is 2.81. The molecule has 0 saturated carbocycles. The molecule has 0 bridgehead atoms. The van der Waals surface area contributed by atoms with Crippen LogP contribution in [0.3, 0.4) is 0 Å². The third-order valence-electron chi connectivity index (χ3n) is 4.97. The summed E-state index contributed by atoms with van der Waals surface area (Å²) in [6.45, 7) is 0.436. The molecule has 0 aliphatic carbocycles. The molecule has 4 aromatic carbocycles. The Morgan fingerprint density at radius 3 is 2.42 bits per heavy atom. The Bertz CT molecular complexity index is 1290. The molecule has 0 radical (unpaired) electrons. The van der Waals surface area contributed by atoms with E-state index in [-0.39, 0.29) is 0 Å². The highest BCUT2D eigenvalue weighted by Crippen LogP contribution is 2.38. The molecule has 31 heavy (non-hydrogen) atoms. The maximum atomic E-state index is 9.79. The molecular formula is C27H20BrNO2. The molecule has 0 heterocycles. The number of ether oxygens (including phenoxy) is 2. The van der Waals surface area contributed by atoms with E-state index in [9.17, 15) is 5.26 Å². The molecule has 152 valence electrons. The van der Waals surface area contributed by atoms with Crippen molar-refractivity contribution in [3.63, 3.8) is 0 Å². The number of hydrogen-bond acceptors (Lipinski definition) is 3. The van der Waals surface area contributed by atoms with E-state index >= 15 is 0 Å². The van der Waals surface area contributed by atoms with Crippen LogP contribution in [0.25, 0.3) is 22.4 Å². The fraction of sp³-hybridized carbons (Fsp3) is 0.0741. The molecule has 0 aliphatic heterocycles. The van der Waals surface area contributed by atoms with Gasteiger partial charge in [0.15, 0.2) is 11.5 Å². The van der Waals surface area contributed by atoms with Crippen LogP contribution in [0.5, 0.6) is 11.5 Å². The van der Waals surface area contributed by atoms with E-state index in [1.807, 2.05) is 84.9 Å². The van der Waals surface area contributed by atoms with Gasteiger partial charge in [0.1, 0.15) is 6.61 Å². The quantitative estimate of drug-likeness (QED) is 0.220. The Balaban J connectivity index is 1.65. The van der Waals surface area contributed by atoms with Crippen LogP contribution in [0.1, 0.15) is 16.7 Å². The van der Waals surface area contributed by atoms with Gasteiger partial charge in [0.25, 0.3) is 0 Å². The monoisotopic (exact) mass is 469 g/mol. The Morgan fingerprint density at radius 1 is 0.935 bits per heavy atom. The number of halogens is 1. The molecule has 0 fully saturated rings. The summed E-state index contributed by atoms with van der Waals surface area (Å²) in [5.74, 6) is 1.24. The largest absolute Gasteiger partial charge is 0.493 e. The fourth-order valence-electron chi connectivity index (χ4n) is 3.40. The second kappa shape index (κ2) is 9.51. The van der Waals surface area contributed by atoms with Crippen molar-refractivity contribution in [1.82, 2.24) is 0 Å². The average molecular weight is 470 g/mol. The Kier molecular flexibility index (Phi) is 6.35. The molecule has 4 heteroatoms. The maximum Gasteiger partial charge on any atom is 0.175 e. The molecule has 4 aromatic rings. The molecule has 0 aliphatic rings. The predicted octanol–water partition coefficient (Wildman–Crippen LogP) is 7.25. The van der Waals surface area contributed by atoms with Crippen molar-refractivity contribution in [2.75, 3.05) is 7.11 Å². The summed E-state index contributed by atoms with van der Waals surface area (Å²) in [5.41, 5.74) is 3.38. The van der Waals surface area contributed by atoms with Crippen LogP contribution >= 0.6 is 15.9 Å². The van der Waals surface area contributed by atoms with Gasteiger partial charge in [-0.05, 0) is 67.7 Å². The van der Waals surface area contributed by atoms with Crippen LogP contribution in [0.4, 0.5) is 0 Å². The number of hydrogen-bond donors (Lipinski definition) is 0. The number of methoxy groups -OCH3 is 1. The number of fused-ring (bicyclic) bond motifs is 1. The molecule has 0 spiro atoms. The Hall–Kier alpha value is -3.55. The highest BCUT2D eigenvalue weighted by atomic mass is 79.9. The molecular weight excluding hydrogens is 450 g/mol. The van der Waals surface area contributed by atoms with Gasteiger partial charge in [-0.3, -0.25) is 0 Å². The van der Waals surface area contributed by atoms with Crippen LogP contribution in [0, 0.1) is 11.3 Å². The lowest BCUT2D eigenvalue weighted by Gasteiger charge is -2.14. The van der Waals surface area contributed by atoms with Crippen molar-refractivity contribution >= 4 is 38.4 Å². The van der Waals surface area contributed by atoms with Crippen LogP contribution < -0.4 is 9.47 Å². The second-order valence-electron chi connectivity index (χ2n) is 7.04. The lowest BCUT2D eigenvalue weighted by Crippen LogP contribution is -1.99. The van der Waals surface area contributed by atoms with Gasteiger partial charge >= 0.3 is 0 Å². The summed E-state index contributed by atoms with van der Waals surface area (Å²) >= 11 is 3.60. The minimum atomic E-state index is 0.436. The Morgan fingerprint density at radius 2 is 1.68 bits per heavy atom. The van der Waals surface area contributed by atoms with Crippen molar-refractivity contribution in [3.8, 4) is 17.6 Å². The number of rotatable bonds is 6. The minimum Gasteiger partial charge on any atom is -0.493 e. The van der Waals surface area contributed by atoms with Gasteiger partial charge in [-0.2, -0.15) is 5.26 Å². The molecule has 3 nitrogen and oxygen atoms in total. The lowest BCUT2D eigenvalue weighted by molar-refractivity contribution is 0.282. The first-order valence-electron chi connectivity index (χ1n) is 9.83. The molecule has 0 amide bonds. The van der Waals surface area contributed by atoms with Gasteiger partial charge in [-0.25, -0.2) is 0 Å². The van der Waals surface area contributed by atoms with E-state index in [0.717, 1.165) is 31.9 Å². The first kappa shape index (κ1) is 20.7. The van der Waals surface area contributed by atoms with Gasteiger partial charge in [-0.1, -0.05) is 66.7 Å². The van der Waals surface area contributed by atoms with Crippen LogP contribution in [0.15, 0.2) is 89.4 Å². The topological polar surface area (TPSA) is 42.2 Å². The second-order valence-corrected chi connectivity index (χ2v) is 7.89. The summed E-state index contributed by atoms with van der Waals surface area (Å²) in [7, 11) is 1.61. The minimum absolute atomic E-state index is 0.436. The smallest absolute Gasteiger partial charge is 0.175 e. The third-order valence-corrected chi connectivity index (χ3v) is 5.56. The predicted molar refractivity (Wildman–Crippen MR) is 129 cm³/mol. The SMILES string of the molecule is COc1cc(/C=C(/C#N)c2ccc3ccccc3c2)cc(Br)c1OCc1ccccc1. The van der Waals surface area contributed by atoms with Crippen LogP contribution in [0.2, 0.25) is 0 Å². The standard InChI is InChI=1S/C27H20BrNO2/c1-30-26-15-20(14-25(28)27(26)31-18-19-7-3-2-4-8-19)13-24(17-29)23-12-11-21-9-5-6-10-22(21)16-23/h2-16H,18H2,1H3/b24-13-. The van der Waals surface area contributed by atoms with Crippen molar-refractivity contribution in [1.29, 1.82) is 5.26 Å². The molecule has 0 atom stereocenters. The number of benzene rings is 4. The Labute approximate surface area is 190 Å².